The van der Waals surface area contributed by atoms with Crippen molar-refractivity contribution in [3.8, 4) is 0 Å². The number of hydrogen-bond acceptors (Lipinski definition) is 6. The Morgan fingerprint density at radius 3 is 2.85 bits per heavy atom. The van der Waals surface area contributed by atoms with Gasteiger partial charge in [0.15, 0.2) is 11.5 Å². The molecule has 0 aromatic carbocycles. The van der Waals surface area contributed by atoms with E-state index < -0.39 is 24.5 Å². The highest BCUT2D eigenvalue weighted by atomic mass is 19.4. The lowest BCUT2D eigenvalue weighted by Crippen LogP contribution is -2.30. The highest BCUT2D eigenvalue weighted by Crippen LogP contribution is 2.28. The van der Waals surface area contributed by atoms with Crippen LogP contribution < -0.4 is 15.5 Å². The van der Waals surface area contributed by atoms with Crippen molar-refractivity contribution in [2.45, 2.75) is 18.5 Å². The number of carbonyl (C=O) groups excluding carboxylic acids is 2. The Balaban J connectivity index is 1.46. The molecule has 0 radical (unpaired) electrons. The van der Waals surface area contributed by atoms with E-state index in [1.165, 1.54) is 15.8 Å². The van der Waals surface area contributed by atoms with Crippen LogP contribution in [0.5, 0.6) is 0 Å². The number of alkyl halides is 3. The van der Waals surface area contributed by atoms with Crippen LogP contribution in [0, 0.1) is 0 Å². The van der Waals surface area contributed by atoms with E-state index in [2.05, 4.69) is 25.7 Å². The van der Waals surface area contributed by atoms with Crippen LogP contribution in [0.2, 0.25) is 0 Å². The topological polar surface area (TPSA) is 121 Å². The molecule has 2 N–H and O–H groups in total. The average molecular weight is 466 g/mol. The van der Waals surface area contributed by atoms with Crippen molar-refractivity contribution in [2.75, 3.05) is 36.9 Å². The van der Waals surface area contributed by atoms with Crippen molar-refractivity contribution < 1.29 is 27.2 Å². The fraction of sp³-hybridized carbons (Fsp3) is 0.421. The van der Waals surface area contributed by atoms with E-state index in [9.17, 15) is 22.8 Å². The number of carbonyl (C=O) groups is 2. The first-order chi connectivity index (χ1) is 15.6. The standard InChI is InChI=1S/C19H21F3N8O3/c1-28-5-6-30(18(28)32)15-12(8-29(2)27-15)25-16(31)13-9-33-17(26-13)11-3-4-23-14(7-11)24-10-19(20,21)22/h3-4,8-9,11H,5-7,10H2,1-2H3,(H,23,24)(H,25,31). The molecule has 4 rings (SSSR count). The quantitative estimate of drug-likeness (QED) is 0.696. The largest absolute Gasteiger partial charge is 0.447 e. The number of aromatic nitrogens is 3. The monoisotopic (exact) mass is 466 g/mol. The smallest absolute Gasteiger partial charge is 0.408 e. The van der Waals surface area contributed by atoms with E-state index in [1.807, 2.05) is 0 Å². The van der Waals surface area contributed by atoms with Crippen molar-refractivity contribution >= 4 is 29.3 Å². The minimum absolute atomic E-state index is 0.0228. The summed E-state index contributed by atoms with van der Waals surface area (Å²) in [5.41, 5.74) is 0.310. The molecule has 2 aliphatic rings. The van der Waals surface area contributed by atoms with Gasteiger partial charge < -0.3 is 20.0 Å². The number of likely N-dealkylation sites (N-methyl/N-ethyl adjacent to an activating group) is 1. The van der Waals surface area contributed by atoms with Crippen LogP contribution in [0.4, 0.5) is 29.5 Å². The number of nitrogens with one attached hydrogen (secondary N) is 2. The van der Waals surface area contributed by atoms with Crippen molar-refractivity contribution in [2.24, 2.45) is 12.0 Å². The molecule has 1 unspecified atom stereocenters. The number of allylic oxidation sites excluding steroid dienone is 1. The van der Waals surface area contributed by atoms with Crippen molar-refractivity contribution in [3.05, 3.63) is 36.3 Å². The predicted molar refractivity (Wildman–Crippen MR) is 111 cm³/mol. The Morgan fingerprint density at radius 2 is 2.15 bits per heavy atom. The number of oxazole rings is 1. The molecule has 11 nitrogen and oxygen atoms in total. The van der Waals surface area contributed by atoms with Gasteiger partial charge in [0.25, 0.3) is 5.91 Å². The third-order valence-corrected chi connectivity index (χ3v) is 5.04. The average Bonchev–Trinajstić information content (AvgIpc) is 3.46. The highest BCUT2D eigenvalue weighted by molar-refractivity contribution is 6.06. The molecule has 1 atom stereocenters. The van der Waals surface area contributed by atoms with Crippen LogP contribution in [-0.2, 0) is 7.05 Å². The summed E-state index contributed by atoms with van der Waals surface area (Å²) >= 11 is 0. The molecule has 3 amide bonds. The van der Waals surface area contributed by atoms with Crippen molar-refractivity contribution in [1.29, 1.82) is 0 Å². The summed E-state index contributed by atoms with van der Waals surface area (Å²) in [5.74, 6) is -0.435. The Kier molecular flexibility index (Phi) is 5.82. The molecule has 4 heterocycles. The Labute approximate surface area is 185 Å². The van der Waals surface area contributed by atoms with Gasteiger partial charge in [0.1, 0.15) is 24.3 Å². The molecule has 2 aromatic heterocycles. The van der Waals surface area contributed by atoms with Gasteiger partial charge in [0.2, 0.25) is 5.89 Å². The fourth-order valence-corrected chi connectivity index (χ4v) is 3.42. The molecule has 33 heavy (non-hydrogen) atoms. The van der Waals surface area contributed by atoms with Crippen molar-refractivity contribution in [3.63, 3.8) is 0 Å². The summed E-state index contributed by atoms with van der Waals surface area (Å²) < 4.78 is 44.1. The Bertz CT molecular complexity index is 1120. The van der Waals surface area contributed by atoms with Gasteiger partial charge in [-0.05, 0) is 6.20 Å². The summed E-state index contributed by atoms with van der Waals surface area (Å²) in [7, 11) is 3.34. The van der Waals surface area contributed by atoms with Crippen LogP contribution in [0.3, 0.4) is 0 Å². The van der Waals surface area contributed by atoms with Gasteiger partial charge in [-0.2, -0.15) is 18.3 Å². The van der Waals surface area contributed by atoms with E-state index in [1.54, 1.807) is 31.3 Å². The lowest BCUT2D eigenvalue weighted by Gasteiger charge is -2.17. The second kappa shape index (κ2) is 8.60. The first kappa shape index (κ1) is 22.4. The lowest BCUT2D eigenvalue weighted by atomic mass is 10.0. The number of halogens is 3. The van der Waals surface area contributed by atoms with Crippen LogP contribution in [-0.4, -0.2) is 70.3 Å². The fourth-order valence-electron chi connectivity index (χ4n) is 3.42. The molecule has 14 heteroatoms. The van der Waals surface area contributed by atoms with Gasteiger partial charge >= 0.3 is 12.2 Å². The van der Waals surface area contributed by atoms with Gasteiger partial charge in [-0.15, -0.1) is 0 Å². The maximum atomic E-state index is 12.7. The SMILES string of the molecule is CN1CCN(c2nn(C)cc2NC(=O)c2coc(C3C=CNC(=NCC(F)(F)F)C3)n2)C1=O. The van der Waals surface area contributed by atoms with E-state index in [0.717, 1.165) is 6.26 Å². The minimum atomic E-state index is -4.40. The number of anilines is 2. The molecule has 0 bridgehead atoms. The summed E-state index contributed by atoms with van der Waals surface area (Å²) in [4.78, 5) is 35.8. The van der Waals surface area contributed by atoms with Gasteiger partial charge in [-0.25, -0.2) is 9.78 Å². The normalized spacial score (nSPS) is 20.0. The molecule has 2 aliphatic heterocycles. The number of amidine groups is 1. The van der Waals surface area contributed by atoms with Gasteiger partial charge in [0, 0.05) is 33.6 Å². The molecule has 0 aliphatic carbocycles. The predicted octanol–water partition coefficient (Wildman–Crippen LogP) is 2.08. The molecule has 176 valence electrons. The van der Waals surface area contributed by atoms with Crippen LogP contribution in [0.1, 0.15) is 28.7 Å². The van der Waals surface area contributed by atoms with Crippen molar-refractivity contribution in [1.82, 2.24) is 25.0 Å². The van der Waals surface area contributed by atoms with E-state index in [0.29, 0.717) is 24.6 Å². The van der Waals surface area contributed by atoms with Gasteiger partial charge in [-0.1, -0.05) is 6.08 Å². The molecule has 0 spiro atoms. The maximum Gasteiger partial charge on any atom is 0.408 e. The Morgan fingerprint density at radius 1 is 1.36 bits per heavy atom. The maximum absolute atomic E-state index is 12.7. The molecule has 0 saturated carbocycles. The number of aliphatic imine (C=N–C) groups is 1. The molecule has 2 aromatic rings. The number of nitrogens with zero attached hydrogens (tertiary/aromatic N) is 6. The zero-order valence-electron chi connectivity index (χ0n) is 17.8. The third kappa shape index (κ3) is 4.99. The zero-order chi connectivity index (χ0) is 23.8. The van der Waals surface area contributed by atoms with Gasteiger partial charge in [0.05, 0.1) is 12.1 Å². The van der Waals surface area contributed by atoms with Crippen LogP contribution >= 0.6 is 0 Å². The number of hydrogen-bond donors (Lipinski definition) is 2. The zero-order valence-corrected chi connectivity index (χ0v) is 17.8. The summed E-state index contributed by atoms with van der Waals surface area (Å²) in [6.45, 7) is -0.324. The van der Waals surface area contributed by atoms with Crippen LogP contribution in [0.25, 0.3) is 0 Å². The van der Waals surface area contributed by atoms with E-state index >= 15 is 0 Å². The second-order valence-corrected chi connectivity index (χ2v) is 7.61. The molecular formula is C19H21F3N8O3. The first-order valence-electron chi connectivity index (χ1n) is 9.97. The first-order valence-corrected chi connectivity index (χ1v) is 9.97. The third-order valence-electron chi connectivity index (χ3n) is 5.04. The summed E-state index contributed by atoms with van der Waals surface area (Å²) in [6.07, 6.45) is 1.57. The number of amides is 3. The summed E-state index contributed by atoms with van der Waals surface area (Å²) in [5, 5.41) is 9.63. The summed E-state index contributed by atoms with van der Waals surface area (Å²) in [6, 6.07) is -0.228. The molecular weight excluding hydrogens is 445 g/mol. The molecule has 1 fully saturated rings. The molecule has 1 saturated heterocycles. The van der Waals surface area contributed by atoms with Crippen LogP contribution in [0.15, 0.2) is 34.1 Å². The number of urea groups is 1. The Hall–Kier alpha value is -3.84. The van der Waals surface area contributed by atoms with Gasteiger partial charge in [-0.3, -0.25) is 19.4 Å². The highest BCUT2D eigenvalue weighted by Gasteiger charge is 2.32. The van der Waals surface area contributed by atoms with E-state index in [-0.39, 0.29) is 29.9 Å². The number of rotatable bonds is 5. The number of aryl methyl sites for hydroxylation is 1. The second-order valence-electron chi connectivity index (χ2n) is 7.61. The lowest BCUT2D eigenvalue weighted by molar-refractivity contribution is -0.118. The minimum Gasteiger partial charge on any atom is -0.447 e. The van der Waals surface area contributed by atoms with E-state index in [4.69, 9.17) is 4.42 Å².